The van der Waals surface area contributed by atoms with Crippen LogP contribution in [0.5, 0.6) is 0 Å². The molecule has 0 radical (unpaired) electrons. The molecule has 5 nitrogen and oxygen atoms in total. The molecule has 0 bridgehead atoms. The molecule has 0 aliphatic carbocycles. The highest BCUT2D eigenvalue weighted by Gasteiger charge is 2.30. The Labute approximate surface area is 158 Å². The minimum Gasteiger partial charge on any atom is -0.337 e. The third-order valence-electron chi connectivity index (χ3n) is 4.39. The zero-order valence-corrected chi connectivity index (χ0v) is 14.5. The van der Waals surface area contributed by atoms with Gasteiger partial charge in [-0.05, 0) is 41.6 Å². The van der Waals surface area contributed by atoms with Gasteiger partial charge in [-0.25, -0.2) is 0 Å². The van der Waals surface area contributed by atoms with Crippen molar-refractivity contribution < 1.29 is 17.7 Å². The van der Waals surface area contributed by atoms with E-state index in [0.717, 1.165) is 28.5 Å². The van der Waals surface area contributed by atoms with E-state index >= 15 is 0 Å². The van der Waals surface area contributed by atoms with Crippen molar-refractivity contribution in [3.05, 3.63) is 77.9 Å². The standard InChI is InChI=1S/C20H15F3N4O/c21-20(22,23)16-5-1-12(2-6-16)9-17(24)19-26-18(27-28-19)14-3-4-15-11-25-8-7-13(15)10-14/h1-8,10-11,17H,9,24H2/t17-/m0/s1. The number of hydrogen-bond donors (Lipinski definition) is 1. The number of aromatic nitrogens is 3. The first-order chi connectivity index (χ1) is 13.4. The molecule has 0 aliphatic heterocycles. The van der Waals surface area contributed by atoms with Crippen molar-refractivity contribution in [3.63, 3.8) is 0 Å². The minimum absolute atomic E-state index is 0.227. The molecule has 0 amide bonds. The van der Waals surface area contributed by atoms with Gasteiger partial charge in [0, 0.05) is 23.3 Å². The van der Waals surface area contributed by atoms with E-state index in [4.69, 9.17) is 10.3 Å². The van der Waals surface area contributed by atoms with E-state index in [9.17, 15) is 13.2 Å². The van der Waals surface area contributed by atoms with Gasteiger partial charge in [-0.15, -0.1) is 0 Å². The van der Waals surface area contributed by atoms with Gasteiger partial charge in [-0.3, -0.25) is 4.98 Å². The first-order valence-corrected chi connectivity index (χ1v) is 8.49. The third kappa shape index (κ3) is 3.72. The summed E-state index contributed by atoms with van der Waals surface area (Å²) in [5, 5.41) is 5.96. The maximum atomic E-state index is 12.6. The van der Waals surface area contributed by atoms with Gasteiger partial charge >= 0.3 is 6.18 Å². The summed E-state index contributed by atoms with van der Waals surface area (Å²) in [5.74, 6) is 0.626. The highest BCUT2D eigenvalue weighted by Crippen LogP contribution is 2.30. The van der Waals surface area contributed by atoms with Crippen molar-refractivity contribution in [1.82, 2.24) is 15.1 Å². The Hall–Kier alpha value is -3.26. The molecule has 1 atom stereocenters. The molecule has 4 rings (SSSR count). The molecular weight excluding hydrogens is 369 g/mol. The van der Waals surface area contributed by atoms with Crippen molar-refractivity contribution in [1.29, 1.82) is 0 Å². The summed E-state index contributed by atoms with van der Waals surface area (Å²) in [4.78, 5) is 8.41. The smallest absolute Gasteiger partial charge is 0.337 e. The third-order valence-corrected chi connectivity index (χ3v) is 4.39. The summed E-state index contributed by atoms with van der Waals surface area (Å²) >= 11 is 0. The van der Waals surface area contributed by atoms with Crippen LogP contribution in [-0.4, -0.2) is 15.1 Å². The topological polar surface area (TPSA) is 77.8 Å². The quantitative estimate of drug-likeness (QED) is 0.559. The van der Waals surface area contributed by atoms with Crippen molar-refractivity contribution in [2.75, 3.05) is 0 Å². The van der Waals surface area contributed by atoms with E-state index in [1.165, 1.54) is 12.1 Å². The van der Waals surface area contributed by atoms with E-state index in [1.54, 1.807) is 12.4 Å². The number of rotatable bonds is 4. The normalized spacial score (nSPS) is 13.0. The second-order valence-electron chi connectivity index (χ2n) is 6.40. The second-order valence-corrected chi connectivity index (χ2v) is 6.40. The SMILES string of the molecule is N[C@@H](Cc1ccc(C(F)(F)F)cc1)c1nc(-c2ccc3cnccc3c2)no1. The maximum absolute atomic E-state index is 12.6. The maximum Gasteiger partial charge on any atom is 0.416 e. The van der Waals surface area contributed by atoms with Gasteiger partial charge in [0.15, 0.2) is 0 Å². The van der Waals surface area contributed by atoms with Crippen LogP contribution < -0.4 is 5.73 Å². The van der Waals surface area contributed by atoms with E-state index < -0.39 is 17.8 Å². The van der Waals surface area contributed by atoms with Crippen molar-refractivity contribution in [2.24, 2.45) is 5.73 Å². The van der Waals surface area contributed by atoms with E-state index in [1.807, 2.05) is 24.3 Å². The van der Waals surface area contributed by atoms with Crippen LogP contribution in [0.1, 0.15) is 23.1 Å². The number of pyridine rings is 1. The second kappa shape index (κ2) is 7.05. The van der Waals surface area contributed by atoms with Crippen LogP contribution >= 0.6 is 0 Å². The largest absolute Gasteiger partial charge is 0.416 e. The molecule has 4 aromatic rings. The molecule has 0 spiro atoms. The van der Waals surface area contributed by atoms with Crippen LogP contribution in [0.15, 0.2) is 65.4 Å². The summed E-state index contributed by atoms with van der Waals surface area (Å²) in [6, 6.07) is 11.8. The van der Waals surface area contributed by atoms with Crippen LogP contribution in [-0.2, 0) is 12.6 Å². The zero-order chi connectivity index (χ0) is 19.7. The summed E-state index contributed by atoms with van der Waals surface area (Å²) < 4.78 is 43.2. The predicted octanol–water partition coefficient (Wildman–Crippen LogP) is 4.55. The number of benzene rings is 2. The monoisotopic (exact) mass is 384 g/mol. The first-order valence-electron chi connectivity index (χ1n) is 8.49. The fraction of sp³-hybridized carbons (Fsp3) is 0.150. The van der Waals surface area contributed by atoms with Crippen molar-refractivity contribution in [2.45, 2.75) is 18.6 Å². The van der Waals surface area contributed by atoms with E-state index in [2.05, 4.69) is 15.1 Å². The number of alkyl halides is 3. The van der Waals surface area contributed by atoms with Gasteiger partial charge in [0.05, 0.1) is 11.6 Å². The molecular formula is C20H15F3N4O. The number of halogens is 3. The lowest BCUT2D eigenvalue weighted by atomic mass is 10.0. The van der Waals surface area contributed by atoms with E-state index in [-0.39, 0.29) is 12.3 Å². The molecule has 2 aromatic carbocycles. The molecule has 2 aromatic heterocycles. The Morgan fingerprint density at radius 1 is 1.00 bits per heavy atom. The molecule has 2 heterocycles. The highest BCUT2D eigenvalue weighted by molar-refractivity contribution is 5.85. The van der Waals surface area contributed by atoms with Crippen LogP contribution in [0.4, 0.5) is 13.2 Å². The number of fused-ring (bicyclic) bond motifs is 1. The van der Waals surface area contributed by atoms with Crippen LogP contribution in [0.25, 0.3) is 22.2 Å². The number of nitrogens with two attached hydrogens (primary N) is 1. The average Bonchev–Trinajstić information content (AvgIpc) is 3.18. The average molecular weight is 384 g/mol. The van der Waals surface area contributed by atoms with Crippen LogP contribution in [0, 0.1) is 0 Å². The fourth-order valence-corrected chi connectivity index (χ4v) is 2.90. The van der Waals surface area contributed by atoms with Gasteiger partial charge < -0.3 is 10.3 Å². The lowest BCUT2D eigenvalue weighted by molar-refractivity contribution is -0.137. The summed E-state index contributed by atoms with van der Waals surface area (Å²) in [5.41, 5.74) is 6.83. The van der Waals surface area contributed by atoms with Crippen LogP contribution in [0.3, 0.4) is 0 Å². The summed E-state index contributed by atoms with van der Waals surface area (Å²) in [7, 11) is 0. The van der Waals surface area contributed by atoms with Gasteiger partial charge in [-0.1, -0.05) is 29.4 Å². The molecule has 0 saturated carbocycles. The van der Waals surface area contributed by atoms with Crippen molar-refractivity contribution in [3.8, 4) is 11.4 Å². The number of nitrogens with zero attached hydrogens (tertiary/aromatic N) is 3. The lowest BCUT2D eigenvalue weighted by Crippen LogP contribution is -2.14. The molecule has 0 fully saturated rings. The Balaban J connectivity index is 1.51. The van der Waals surface area contributed by atoms with Crippen LogP contribution in [0.2, 0.25) is 0 Å². The molecule has 28 heavy (non-hydrogen) atoms. The van der Waals surface area contributed by atoms with Gasteiger partial charge in [0.2, 0.25) is 11.7 Å². The first kappa shape index (κ1) is 18.1. The summed E-state index contributed by atoms with van der Waals surface area (Å²) in [6.07, 6.45) is -0.615. The summed E-state index contributed by atoms with van der Waals surface area (Å²) in [6.45, 7) is 0. The zero-order valence-electron chi connectivity index (χ0n) is 14.5. The molecule has 142 valence electrons. The number of hydrogen-bond acceptors (Lipinski definition) is 5. The molecule has 0 unspecified atom stereocenters. The van der Waals surface area contributed by atoms with E-state index in [0.29, 0.717) is 11.4 Å². The Bertz CT molecular complexity index is 1110. The van der Waals surface area contributed by atoms with Gasteiger partial charge in [-0.2, -0.15) is 18.2 Å². The molecule has 2 N–H and O–H groups in total. The fourth-order valence-electron chi connectivity index (χ4n) is 2.90. The van der Waals surface area contributed by atoms with Crippen molar-refractivity contribution >= 4 is 10.8 Å². The van der Waals surface area contributed by atoms with Gasteiger partial charge in [0.1, 0.15) is 0 Å². The molecule has 8 heteroatoms. The Morgan fingerprint density at radius 2 is 1.79 bits per heavy atom. The Kier molecular flexibility index (Phi) is 4.56. The highest BCUT2D eigenvalue weighted by atomic mass is 19.4. The molecule has 0 saturated heterocycles. The predicted molar refractivity (Wildman–Crippen MR) is 97.1 cm³/mol. The lowest BCUT2D eigenvalue weighted by Gasteiger charge is -2.09. The minimum atomic E-state index is -4.36. The Morgan fingerprint density at radius 3 is 2.54 bits per heavy atom. The van der Waals surface area contributed by atoms with Gasteiger partial charge in [0.25, 0.3) is 0 Å². The molecule has 0 aliphatic rings.